The predicted molar refractivity (Wildman–Crippen MR) is 59.4 cm³/mol. The van der Waals surface area contributed by atoms with Crippen molar-refractivity contribution < 1.29 is 9.72 Å². The fourth-order valence-corrected chi connectivity index (χ4v) is 2.02. The van der Waals surface area contributed by atoms with Crippen LogP contribution in [0.15, 0.2) is 18.2 Å². The van der Waals surface area contributed by atoms with E-state index in [1.54, 1.807) is 13.0 Å². The van der Waals surface area contributed by atoms with Crippen LogP contribution in [-0.2, 0) is 11.2 Å². The molecule has 0 atom stereocenters. The van der Waals surface area contributed by atoms with Gasteiger partial charge in [-0.3, -0.25) is 14.9 Å². The Kier molecular flexibility index (Phi) is 2.60. The topological polar surface area (TPSA) is 63.5 Å². The quantitative estimate of drug-likeness (QED) is 0.564. The van der Waals surface area contributed by atoms with Gasteiger partial charge in [0, 0.05) is 19.0 Å². The Morgan fingerprint density at radius 1 is 1.56 bits per heavy atom. The lowest BCUT2D eigenvalue weighted by molar-refractivity contribution is -0.384. The molecule has 2 rings (SSSR count). The molecule has 0 aromatic heterocycles. The summed E-state index contributed by atoms with van der Waals surface area (Å²) in [6.07, 6.45) is 1.06. The fourth-order valence-electron chi connectivity index (χ4n) is 2.02. The van der Waals surface area contributed by atoms with Crippen molar-refractivity contribution >= 4 is 17.3 Å². The number of carbonyl (C=O) groups is 1. The van der Waals surface area contributed by atoms with Crippen LogP contribution in [0.1, 0.15) is 18.9 Å². The van der Waals surface area contributed by atoms with E-state index in [9.17, 15) is 14.9 Å². The van der Waals surface area contributed by atoms with E-state index in [2.05, 4.69) is 0 Å². The molecule has 1 aliphatic heterocycles. The number of rotatable bonds is 2. The number of fused-ring (bicyclic) bond motifs is 1. The molecule has 0 unspecified atom stereocenters. The molecule has 0 N–H and O–H groups in total. The first kappa shape index (κ1) is 10.6. The molecule has 1 aromatic rings. The summed E-state index contributed by atoms with van der Waals surface area (Å²) in [5, 5.41) is 10.9. The fraction of sp³-hybridized carbons (Fsp3) is 0.364. The standard InChI is InChI=1S/C11H12N2O3/c1-2-10(14)12-7-6-8-4-3-5-9(11(8)12)13(15)16/h3-5H,2,6-7H2,1H3. The Bertz CT molecular complexity index is 457. The lowest BCUT2D eigenvalue weighted by atomic mass is 10.1. The Hall–Kier alpha value is -1.91. The Labute approximate surface area is 92.8 Å². The minimum absolute atomic E-state index is 0.0248. The highest BCUT2D eigenvalue weighted by Gasteiger charge is 2.30. The van der Waals surface area contributed by atoms with Crippen LogP contribution in [-0.4, -0.2) is 17.4 Å². The van der Waals surface area contributed by atoms with Crippen LogP contribution in [0, 0.1) is 10.1 Å². The first-order valence-electron chi connectivity index (χ1n) is 5.21. The smallest absolute Gasteiger partial charge is 0.293 e. The monoisotopic (exact) mass is 220 g/mol. The average Bonchev–Trinajstić information content (AvgIpc) is 2.71. The van der Waals surface area contributed by atoms with E-state index in [0.29, 0.717) is 25.1 Å². The SMILES string of the molecule is CCC(=O)N1CCc2cccc([N+](=O)[O-])c21. The van der Waals surface area contributed by atoms with Crippen LogP contribution in [0.4, 0.5) is 11.4 Å². The van der Waals surface area contributed by atoms with Gasteiger partial charge in [0.1, 0.15) is 5.69 Å². The number of para-hydroxylation sites is 1. The maximum absolute atomic E-state index is 11.7. The largest absolute Gasteiger partial charge is 0.306 e. The van der Waals surface area contributed by atoms with Gasteiger partial charge < -0.3 is 4.90 Å². The number of nitrogens with zero attached hydrogens (tertiary/aromatic N) is 2. The van der Waals surface area contributed by atoms with Crippen LogP contribution in [0.2, 0.25) is 0 Å². The highest BCUT2D eigenvalue weighted by atomic mass is 16.6. The summed E-state index contributed by atoms with van der Waals surface area (Å²) in [5.41, 5.74) is 1.40. The van der Waals surface area contributed by atoms with Crippen molar-refractivity contribution in [2.45, 2.75) is 19.8 Å². The van der Waals surface area contributed by atoms with Crippen LogP contribution < -0.4 is 4.90 Å². The molecule has 0 radical (unpaired) electrons. The van der Waals surface area contributed by atoms with Gasteiger partial charge >= 0.3 is 0 Å². The van der Waals surface area contributed by atoms with Crippen molar-refractivity contribution in [3.05, 3.63) is 33.9 Å². The maximum atomic E-state index is 11.7. The number of nitro benzene ring substituents is 1. The summed E-state index contributed by atoms with van der Waals surface area (Å²) in [7, 11) is 0. The summed E-state index contributed by atoms with van der Waals surface area (Å²) in [5.74, 6) is -0.0620. The second-order valence-corrected chi connectivity index (χ2v) is 3.69. The molecule has 0 saturated carbocycles. The number of amides is 1. The number of hydrogen-bond acceptors (Lipinski definition) is 3. The molecule has 0 bridgehead atoms. The highest BCUT2D eigenvalue weighted by Crippen LogP contribution is 2.36. The molecule has 5 nitrogen and oxygen atoms in total. The van der Waals surface area contributed by atoms with E-state index >= 15 is 0 Å². The van der Waals surface area contributed by atoms with Gasteiger partial charge in [-0.15, -0.1) is 0 Å². The minimum atomic E-state index is -0.430. The van der Waals surface area contributed by atoms with Crippen molar-refractivity contribution in [3.8, 4) is 0 Å². The summed E-state index contributed by atoms with van der Waals surface area (Å²) in [6.45, 7) is 2.31. The molecule has 0 spiro atoms. The van der Waals surface area contributed by atoms with E-state index in [1.807, 2.05) is 6.07 Å². The van der Waals surface area contributed by atoms with Crippen LogP contribution in [0.5, 0.6) is 0 Å². The highest BCUT2D eigenvalue weighted by molar-refractivity contribution is 5.97. The molecule has 84 valence electrons. The van der Waals surface area contributed by atoms with Gasteiger partial charge in [-0.1, -0.05) is 19.1 Å². The molecule has 0 saturated heterocycles. The van der Waals surface area contributed by atoms with Crippen LogP contribution in [0.3, 0.4) is 0 Å². The molecule has 16 heavy (non-hydrogen) atoms. The zero-order valence-electron chi connectivity index (χ0n) is 8.97. The Morgan fingerprint density at radius 2 is 2.31 bits per heavy atom. The zero-order valence-corrected chi connectivity index (χ0v) is 8.97. The van der Waals surface area contributed by atoms with Crippen molar-refractivity contribution in [1.82, 2.24) is 0 Å². The normalized spacial score (nSPS) is 13.7. The van der Waals surface area contributed by atoms with E-state index in [0.717, 1.165) is 5.56 Å². The number of carbonyl (C=O) groups excluding carboxylic acids is 1. The molecule has 1 heterocycles. The summed E-state index contributed by atoms with van der Waals surface area (Å²) >= 11 is 0. The van der Waals surface area contributed by atoms with Gasteiger partial charge in [-0.05, 0) is 12.0 Å². The Morgan fingerprint density at radius 3 is 2.94 bits per heavy atom. The van der Waals surface area contributed by atoms with Gasteiger partial charge in [0.25, 0.3) is 5.69 Å². The van der Waals surface area contributed by atoms with E-state index < -0.39 is 4.92 Å². The van der Waals surface area contributed by atoms with Crippen molar-refractivity contribution in [2.75, 3.05) is 11.4 Å². The lowest BCUT2D eigenvalue weighted by Gasteiger charge is -2.15. The number of hydrogen-bond donors (Lipinski definition) is 0. The van der Waals surface area contributed by atoms with E-state index in [1.165, 1.54) is 11.0 Å². The molecule has 1 aliphatic rings. The third-order valence-electron chi connectivity index (χ3n) is 2.77. The average molecular weight is 220 g/mol. The number of nitro groups is 1. The van der Waals surface area contributed by atoms with Gasteiger partial charge in [0.15, 0.2) is 0 Å². The molecule has 5 heteroatoms. The summed E-state index contributed by atoms with van der Waals surface area (Å²) in [4.78, 5) is 23.6. The second-order valence-electron chi connectivity index (χ2n) is 3.69. The maximum Gasteiger partial charge on any atom is 0.293 e. The summed E-state index contributed by atoms with van der Waals surface area (Å²) < 4.78 is 0. The van der Waals surface area contributed by atoms with E-state index in [4.69, 9.17) is 0 Å². The van der Waals surface area contributed by atoms with Crippen molar-refractivity contribution in [2.24, 2.45) is 0 Å². The molecule has 0 fully saturated rings. The van der Waals surface area contributed by atoms with Crippen molar-refractivity contribution in [3.63, 3.8) is 0 Å². The molecule has 1 amide bonds. The first-order valence-corrected chi connectivity index (χ1v) is 5.21. The zero-order chi connectivity index (χ0) is 11.7. The number of anilines is 1. The van der Waals surface area contributed by atoms with Gasteiger partial charge in [-0.2, -0.15) is 0 Å². The molecular weight excluding hydrogens is 208 g/mol. The first-order chi connectivity index (χ1) is 7.65. The van der Waals surface area contributed by atoms with E-state index in [-0.39, 0.29) is 11.6 Å². The van der Waals surface area contributed by atoms with Gasteiger partial charge in [0.05, 0.1) is 4.92 Å². The third kappa shape index (κ3) is 1.54. The molecular formula is C11H12N2O3. The van der Waals surface area contributed by atoms with Crippen molar-refractivity contribution in [1.29, 1.82) is 0 Å². The van der Waals surface area contributed by atoms with Gasteiger partial charge in [0.2, 0.25) is 5.91 Å². The number of benzene rings is 1. The molecule has 1 aromatic carbocycles. The van der Waals surface area contributed by atoms with Gasteiger partial charge in [-0.25, -0.2) is 0 Å². The second kappa shape index (κ2) is 3.92. The Balaban J connectivity index is 2.51. The predicted octanol–water partition coefficient (Wildman–Crippen LogP) is 1.89. The summed E-state index contributed by atoms with van der Waals surface area (Å²) in [6, 6.07) is 4.95. The van der Waals surface area contributed by atoms with Crippen LogP contribution >= 0.6 is 0 Å². The lowest BCUT2D eigenvalue weighted by Crippen LogP contribution is -2.28. The van der Waals surface area contributed by atoms with Crippen LogP contribution in [0.25, 0.3) is 0 Å². The molecule has 0 aliphatic carbocycles. The minimum Gasteiger partial charge on any atom is -0.306 e. The third-order valence-corrected chi connectivity index (χ3v) is 2.77.